The van der Waals surface area contributed by atoms with Crippen LogP contribution in [0.25, 0.3) is 5.65 Å². The molecule has 2 aromatic heterocycles. The van der Waals surface area contributed by atoms with Gasteiger partial charge in [0.05, 0.1) is 5.02 Å². The second-order valence-electron chi connectivity index (χ2n) is 3.96. The van der Waals surface area contributed by atoms with E-state index in [9.17, 15) is 0 Å². The van der Waals surface area contributed by atoms with Crippen molar-refractivity contribution in [3.63, 3.8) is 0 Å². The maximum Gasteiger partial charge on any atom is 0.160 e. The van der Waals surface area contributed by atoms with E-state index >= 15 is 0 Å². The lowest BCUT2D eigenvalue weighted by Gasteiger charge is -2.03. The highest BCUT2D eigenvalue weighted by molar-refractivity contribution is 6.31. The van der Waals surface area contributed by atoms with Crippen molar-refractivity contribution >= 4 is 28.8 Å². The summed E-state index contributed by atoms with van der Waals surface area (Å²) in [4.78, 5) is 0. The van der Waals surface area contributed by atoms with Crippen LogP contribution in [0.2, 0.25) is 10.0 Å². The van der Waals surface area contributed by atoms with Gasteiger partial charge >= 0.3 is 0 Å². The Bertz CT molecular complexity index is 706. The second-order valence-corrected chi connectivity index (χ2v) is 4.80. The molecule has 2 heterocycles. The van der Waals surface area contributed by atoms with Crippen molar-refractivity contribution in [2.45, 2.75) is 6.42 Å². The molecule has 0 spiro atoms. The van der Waals surface area contributed by atoms with Crippen LogP contribution in [0.15, 0.2) is 42.6 Å². The predicted octanol–water partition coefficient (Wildman–Crippen LogP) is 3.63. The molecule has 0 radical (unpaired) electrons. The van der Waals surface area contributed by atoms with Gasteiger partial charge in [0.15, 0.2) is 5.65 Å². The summed E-state index contributed by atoms with van der Waals surface area (Å²) in [6.07, 6.45) is 2.43. The fourth-order valence-electron chi connectivity index (χ4n) is 1.84. The molecule has 0 saturated carbocycles. The molecule has 18 heavy (non-hydrogen) atoms. The molecular formula is C13H9Cl2N3. The summed E-state index contributed by atoms with van der Waals surface area (Å²) in [5, 5.41) is 9.65. The zero-order valence-corrected chi connectivity index (χ0v) is 10.9. The van der Waals surface area contributed by atoms with Gasteiger partial charge < -0.3 is 0 Å². The van der Waals surface area contributed by atoms with Crippen LogP contribution in [0, 0.1) is 0 Å². The van der Waals surface area contributed by atoms with Crippen LogP contribution in [-0.2, 0) is 6.42 Å². The summed E-state index contributed by atoms with van der Waals surface area (Å²) < 4.78 is 1.88. The first-order valence-electron chi connectivity index (χ1n) is 5.46. The monoisotopic (exact) mass is 277 g/mol. The topological polar surface area (TPSA) is 30.2 Å². The first kappa shape index (κ1) is 11.5. The molecule has 3 rings (SSSR count). The molecule has 90 valence electrons. The van der Waals surface area contributed by atoms with Crippen molar-refractivity contribution in [1.29, 1.82) is 0 Å². The number of aromatic nitrogens is 3. The van der Waals surface area contributed by atoms with Crippen molar-refractivity contribution in [2.24, 2.45) is 0 Å². The fraction of sp³-hybridized carbons (Fsp3) is 0.0769. The van der Waals surface area contributed by atoms with E-state index in [1.807, 2.05) is 40.9 Å². The van der Waals surface area contributed by atoms with E-state index in [-0.39, 0.29) is 0 Å². The minimum atomic E-state index is 0.626. The Balaban J connectivity index is 2.05. The zero-order chi connectivity index (χ0) is 12.5. The molecule has 3 nitrogen and oxygen atoms in total. The molecule has 0 amide bonds. The summed E-state index contributed by atoms with van der Waals surface area (Å²) in [5.41, 5.74) is 1.80. The number of fused-ring (bicyclic) bond motifs is 1. The lowest BCUT2D eigenvalue weighted by molar-refractivity contribution is 0.935. The number of benzene rings is 1. The largest absolute Gasteiger partial charge is 0.285 e. The Morgan fingerprint density at radius 1 is 1.00 bits per heavy atom. The van der Waals surface area contributed by atoms with E-state index < -0.39 is 0 Å². The average molecular weight is 278 g/mol. The van der Waals surface area contributed by atoms with E-state index in [1.54, 1.807) is 6.07 Å². The molecule has 0 bridgehead atoms. The standard InChI is InChI=1S/C13H9Cl2N3/c14-10-5-6-12-16-17-13(18(12)8-10)7-9-3-1-2-4-11(9)15/h1-6,8H,7H2. The molecular weight excluding hydrogens is 269 g/mol. The third kappa shape index (κ3) is 2.07. The summed E-state index contributed by atoms with van der Waals surface area (Å²) >= 11 is 12.1. The Hall–Kier alpha value is -1.58. The minimum Gasteiger partial charge on any atom is -0.285 e. The molecule has 0 aliphatic heterocycles. The van der Waals surface area contributed by atoms with Crippen LogP contribution >= 0.6 is 23.2 Å². The summed E-state index contributed by atoms with van der Waals surface area (Å²) in [6, 6.07) is 11.3. The van der Waals surface area contributed by atoms with Crippen molar-refractivity contribution in [3.05, 3.63) is 64.0 Å². The molecule has 3 aromatic rings. The van der Waals surface area contributed by atoms with Gasteiger partial charge in [0, 0.05) is 17.6 Å². The molecule has 0 N–H and O–H groups in total. The lowest BCUT2D eigenvalue weighted by Crippen LogP contribution is -1.96. The van der Waals surface area contributed by atoms with E-state index in [2.05, 4.69) is 10.2 Å². The van der Waals surface area contributed by atoms with Gasteiger partial charge in [-0.1, -0.05) is 41.4 Å². The third-order valence-electron chi connectivity index (χ3n) is 2.74. The van der Waals surface area contributed by atoms with Crippen molar-refractivity contribution in [1.82, 2.24) is 14.6 Å². The van der Waals surface area contributed by atoms with E-state index in [4.69, 9.17) is 23.2 Å². The molecule has 0 aliphatic rings. The second kappa shape index (κ2) is 4.59. The van der Waals surface area contributed by atoms with Crippen LogP contribution in [0.3, 0.4) is 0 Å². The number of hydrogen-bond donors (Lipinski definition) is 0. The van der Waals surface area contributed by atoms with Gasteiger partial charge in [0.1, 0.15) is 5.82 Å². The van der Waals surface area contributed by atoms with E-state index in [1.165, 1.54) is 0 Å². The number of rotatable bonds is 2. The quantitative estimate of drug-likeness (QED) is 0.716. The highest BCUT2D eigenvalue weighted by atomic mass is 35.5. The molecule has 0 unspecified atom stereocenters. The van der Waals surface area contributed by atoms with Crippen LogP contribution < -0.4 is 0 Å². The Morgan fingerprint density at radius 2 is 1.83 bits per heavy atom. The Morgan fingerprint density at radius 3 is 2.67 bits per heavy atom. The highest BCUT2D eigenvalue weighted by Crippen LogP contribution is 2.19. The number of halogens is 2. The summed E-state index contributed by atoms with van der Waals surface area (Å²) in [7, 11) is 0. The fourth-order valence-corrected chi connectivity index (χ4v) is 2.21. The van der Waals surface area contributed by atoms with Gasteiger partial charge in [-0.3, -0.25) is 4.40 Å². The van der Waals surface area contributed by atoms with Gasteiger partial charge in [-0.2, -0.15) is 0 Å². The number of hydrogen-bond acceptors (Lipinski definition) is 2. The van der Waals surface area contributed by atoms with Gasteiger partial charge in [-0.15, -0.1) is 10.2 Å². The van der Waals surface area contributed by atoms with E-state index in [0.717, 1.165) is 22.1 Å². The smallest absolute Gasteiger partial charge is 0.160 e. The SMILES string of the molecule is Clc1ccc2nnc(Cc3ccccc3Cl)n2c1. The summed E-state index contributed by atoms with van der Waals surface area (Å²) in [6.45, 7) is 0. The number of nitrogens with zero attached hydrogens (tertiary/aromatic N) is 3. The van der Waals surface area contributed by atoms with Crippen LogP contribution in [0.1, 0.15) is 11.4 Å². The molecule has 5 heteroatoms. The number of pyridine rings is 1. The first-order chi connectivity index (χ1) is 8.74. The first-order valence-corrected chi connectivity index (χ1v) is 6.22. The molecule has 0 atom stereocenters. The lowest BCUT2D eigenvalue weighted by atomic mass is 10.1. The van der Waals surface area contributed by atoms with E-state index in [0.29, 0.717) is 11.4 Å². The normalized spacial score (nSPS) is 11.0. The molecule has 0 fully saturated rings. The van der Waals surface area contributed by atoms with Gasteiger partial charge in [-0.05, 0) is 23.8 Å². The maximum atomic E-state index is 6.14. The zero-order valence-electron chi connectivity index (χ0n) is 9.35. The van der Waals surface area contributed by atoms with Gasteiger partial charge in [-0.25, -0.2) is 0 Å². The maximum absolute atomic E-state index is 6.14. The van der Waals surface area contributed by atoms with Crippen LogP contribution in [0.4, 0.5) is 0 Å². The third-order valence-corrected chi connectivity index (χ3v) is 3.34. The molecule has 0 saturated heterocycles. The van der Waals surface area contributed by atoms with Crippen LogP contribution in [-0.4, -0.2) is 14.6 Å². The Kier molecular flexibility index (Phi) is 2.94. The summed E-state index contributed by atoms with van der Waals surface area (Å²) in [5.74, 6) is 0.820. The molecule has 1 aromatic carbocycles. The Labute approximate surface area is 114 Å². The average Bonchev–Trinajstić information content (AvgIpc) is 2.75. The van der Waals surface area contributed by atoms with Crippen LogP contribution in [0.5, 0.6) is 0 Å². The van der Waals surface area contributed by atoms with Gasteiger partial charge in [0.25, 0.3) is 0 Å². The molecule has 0 aliphatic carbocycles. The van der Waals surface area contributed by atoms with Crippen molar-refractivity contribution < 1.29 is 0 Å². The minimum absolute atomic E-state index is 0.626. The van der Waals surface area contributed by atoms with Crippen molar-refractivity contribution in [3.8, 4) is 0 Å². The van der Waals surface area contributed by atoms with Gasteiger partial charge in [0.2, 0.25) is 0 Å². The van der Waals surface area contributed by atoms with Crippen molar-refractivity contribution in [2.75, 3.05) is 0 Å². The highest BCUT2D eigenvalue weighted by Gasteiger charge is 2.08. The predicted molar refractivity (Wildman–Crippen MR) is 72.3 cm³/mol.